The van der Waals surface area contributed by atoms with Gasteiger partial charge in [0, 0.05) is 11.5 Å². The van der Waals surface area contributed by atoms with Crippen LogP contribution in [0, 0.1) is 6.92 Å². The number of carbonyl (C=O) groups is 1. The highest BCUT2D eigenvalue weighted by molar-refractivity contribution is 6.01. The molecule has 19 heavy (non-hydrogen) atoms. The van der Waals surface area contributed by atoms with Gasteiger partial charge in [0.15, 0.2) is 0 Å². The van der Waals surface area contributed by atoms with Gasteiger partial charge in [-0.2, -0.15) is 0 Å². The fraction of sp³-hybridized carbons (Fsp3) is 0.118. The average Bonchev–Trinajstić information content (AvgIpc) is 2.79. The first kappa shape index (κ1) is 11.7. The van der Waals surface area contributed by atoms with E-state index >= 15 is 0 Å². The maximum absolute atomic E-state index is 11.7. The summed E-state index contributed by atoms with van der Waals surface area (Å²) < 4.78 is 0. The van der Waals surface area contributed by atoms with E-state index in [9.17, 15) is 4.79 Å². The summed E-state index contributed by atoms with van der Waals surface area (Å²) >= 11 is 0. The lowest BCUT2D eigenvalue weighted by Crippen LogP contribution is -2.18. The van der Waals surface area contributed by atoms with Crippen molar-refractivity contribution >= 4 is 12.0 Å². The summed E-state index contributed by atoms with van der Waals surface area (Å²) in [4.78, 5) is 11.7. The van der Waals surface area contributed by atoms with E-state index < -0.39 is 0 Å². The van der Waals surface area contributed by atoms with E-state index in [2.05, 4.69) is 37.3 Å². The zero-order chi connectivity index (χ0) is 13.4. The molecule has 0 bridgehead atoms. The summed E-state index contributed by atoms with van der Waals surface area (Å²) in [5.74, 6) is -0.379. The van der Waals surface area contributed by atoms with Crippen LogP contribution in [-0.2, 0) is 4.79 Å². The number of carbonyl (C=O) groups excluding carboxylic acids is 1. The summed E-state index contributed by atoms with van der Waals surface area (Å²) in [5, 5.41) is 0. The van der Waals surface area contributed by atoms with Crippen LogP contribution >= 0.6 is 0 Å². The first-order chi connectivity index (χ1) is 9.16. The summed E-state index contributed by atoms with van der Waals surface area (Å²) in [5.41, 5.74) is 10.8. The first-order valence-electron chi connectivity index (χ1n) is 6.33. The summed E-state index contributed by atoms with van der Waals surface area (Å²) in [6.07, 6.45) is 1.90. The minimum Gasteiger partial charge on any atom is -0.366 e. The SMILES string of the molecule is Cc1ccc(C2C(C(N)=O)=Cc3ccccc32)cc1. The number of rotatable bonds is 2. The van der Waals surface area contributed by atoms with E-state index in [0.717, 1.165) is 16.7 Å². The van der Waals surface area contributed by atoms with Crippen LogP contribution in [0.1, 0.15) is 28.2 Å². The Bertz CT molecular complexity index is 668. The molecular formula is C17H15NO. The van der Waals surface area contributed by atoms with Crippen LogP contribution in [0.5, 0.6) is 0 Å². The molecule has 0 aromatic heterocycles. The maximum atomic E-state index is 11.7. The van der Waals surface area contributed by atoms with Crippen molar-refractivity contribution in [3.8, 4) is 0 Å². The second kappa shape index (κ2) is 4.39. The van der Waals surface area contributed by atoms with E-state index in [1.54, 1.807) is 0 Å². The van der Waals surface area contributed by atoms with Gasteiger partial charge in [-0.15, -0.1) is 0 Å². The predicted octanol–water partition coefficient (Wildman–Crippen LogP) is 3.01. The molecule has 0 saturated heterocycles. The second-order valence-corrected chi connectivity index (χ2v) is 4.94. The first-order valence-corrected chi connectivity index (χ1v) is 6.33. The number of amides is 1. The molecule has 2 aromatic carbocycles. The van der Waals surface area contributed by atoms with Gasteiger partial charge in [0.1, 0.15) is 0 Å². The molecule has 2 heteroatoms. The smallest absolute Gasteiger partial charge is 0.245 e. The van der Waals surface area contributed by atoms with Gasteiger partial charge in [-0.3, -0.25) is 4.79 Å². The van der Waals surface area contributed by atoms with Crippen LogP contribution in [0.3, 0.4) is 0 Å². The van der Waals surface area contributed by atoms with Crippen LogP contribution in [0.25, 0.3) is 6.08 Å². The van der Waals surface area contributed by atoms with Gasteiger partial charge >= 0.3 is 0 Å². The Morgan fingerprint density at radius 3 is 2.42 bits per heavy atom. The second-order valence-electron chi connectivity index (χ2n) is 4.94. The van der Waals surface area contributed by atoms with Gasteiger partial charge in [-0.25, -0.2) is 0 Å². The quantitative estimate of drug-likeness (QED) is 0.873. The normalized spacial score (nSPS) is 16.9. The number of hydrogen-bond acceptors (Lipinski definition) is 1. The molecule has 2 aromatic rings. The molecule has 2 N–H and O–H groups in total. The third kappa shape index (κ3) is 1.95. The number of nitrogens with two attached hydrogens (primary N) is 1. The highest BCUT2D eigenvalue weighted by atomic mass is 16.1. The number of primary amides is 1. The van der Waals surface area contributed by atoms with E-state index in [1.807, 2.05) is 24.3 Å². The third-order valence-electron chi connectivity index (χ3n) is 3.62. The van der Waals surface area contributed by atoms with Crippen molar-refractivity contribution in [2.45, 2.75) is 12.8 Å². The van der Waals surface area contributed by atoms with E-state index in [1.165, 1.54) is 5.56 Å². The molecular weight excluding hydrogens is 234 g/mol. The van der Waals surface area contributed by atoms with Crippen molar-refractivity contribution in [1.29, 1.82) is 0 Å². The van der Waals surface area contributed by atoms with Crippen molar-refractivity contribution in [2.75, 3.05) is 0 Å². The van der Waals surface area contributed by atoms with Crippen LogP contribution in [0.2, 0.25) is 0 Å². The Balaban J connectivity index is 2.15. The van der Waals surface area contributed by atoms with Gasteiger partial charge in [0.2, 0.25) is 5.91 Å². The van der Waals surface area contributed by atoms with E-state index in [4.69, 9.17) is 5.73 Å². The lowest BCUT2D eigenvalue weighted by Gasteiger charge is -2.15. The molecule has 1 atom stereocenters. The molecule has 1 unspecified atom stereocenters. The lowest BCUT2D eigenvalue weighted by molar-refractivity contribution is -0.114. The molecule has 0 radical (unpaired) electrons. The fourth-order valence-corrected chi connectivity index (χ4v) is 2.66. The Morgan fingerprint density at radius 1 is 1.05 bits per heavy atom. The van der Waals surface area contributed by atoms with Gasteiger partial charge < -0.3 is 5.73 Å². The minimum atomic E-state index is -0.346. The molecule has 1 aliphatic carbocycles. The molecule has 1 amide bonds. The lowest BCUT2D eigenvalue weighted by atomic mass is 9.88. The van der Waals surface area contributed by atoms with Crippen LogP contribution in [0.4, 0.5) is 0 Å². The molecule has 1 aliphatic rings. The average molecular weight is 249 g/mol. The molecule has 94 valence electrons. The van der Waals surface area contributed by atoms with Gasteiger partial charge in [-0.1, -0.05) is 54.1 Å². The van der Waals surface area contributed by atoms with Crippen molar-refractivity contribution < 1.29 is 4.79 Å². The topological polar surface area (TPSA) is 43.1 Å². The molecule has 2 nitrogen and oxygen atoms in total. The molecule has 0 heterocycles. The minimum absolute atomic E-state index is 0.0331. The molecule has 0 aliphatic heterocycles. The number of aryl methyl sites for hydroxylation is 1. The van der Waals surface area contributed by atoms with Gasteiger partial charge in [-0.05, 0) is 29.7 Å². The fourth-order valence-electron chi connectivity index (χ4n) is 2.66. The Morgan fingerprint density at radius 2 is 1.74 bits per heavy atom. The number of fused-ring (bicyclic) bond motifs is 1. The van der Waals surface area contributed by atoms with E-state index in [-0.39, 0.29) is 11.8 Å². The zero-order valence-corrected chi connectivity index (χ0v) is 10.8. The third-order valence-corrected chi connectivity index (χ3v) is 3.62. The van der Waals surface area contributed by atoms with Crippen molar-refractivity contribution in [2.24, 2.45) is 5.73 Å². The Kier molecular flexibility index (Phi) is 2.71. The van der Waals surface area contributed by atoms with Crippen molar-refractivity contribution in [3.63, 3.8) is 0 Å². The standard InChI is InChI=1S/C17H15NO/c1-11-6-8-12(9-7-11)16-14-5-3-2-4-13(14)10-15(16)17(18)19/h2-10,16H,1H3,(H2,18,19). The maximum Gasteiger partial charge on any atom is 0.245 e. The van der Waals surface area contributed by atoms with Gasteiger partial charge in [0.25, 0.3) is 0 Å². The monoisotopic (exact) mass is 249 g/mol. The molecule has 3 rings (SSSR count). The number of benzene rings is 2. The Labute approximate surface area is 112 Å². The zero-order valence-electron chi connectivity index (χ0n) is 10.8. The van der Waals surface area contributed by atoms with Crippen LogP contribution in [0.15, 0.2) is 54.1 Å². The molecule has 0 spiro atoms. The summed E-state index contributed by atoms with van der Waals surface area (Å²) in [6, 6.07) is 16.3. The van der Waals surface area contributed by atoms with Crippen molar-refractivity contribution in [1.82, 2.24) is 0 Å². The van der Waals surface area contributed by atoms with Crippen LogP contribution < -0.4 is 5.73 Å². The van der Waals surface area contributed by atoms with E-state index in [0.29, 0.717) is 5.57 Å². The van der Waals surface area contributed by atoms with Crippen molar-refractivity contribution in [3.05, 3.63) is 76.4 Å². The van der Waals surface area contributed by atoms with Gasteiger partial charge in [0.05, 0.1) is 0 Å². The summed E-state index contributed by atoms with van der Waals surface area (Å²) in [7, 11) is 0. The summed E-state index contributed by atoms with van der Waals surface area (Å²) in [6.45, 7) is 2.05. The molecule has 0 fully saturated rings. The number of hydrogen-bond donors (Lipinski definition) is 1. The highest BCUT2D eigenvalue weighted by Gasteiger charge is 2.29. The predicted molar refractivity (Wildman–Crippen MR) is 76.6 cm³/mol. The van der Waals surface area contributed by atoms with Crippen LogP contribution in [-0.4, -0.2) is 5.91 Å². The largest absolute Gasteiger partial charge is 0.366 e. The molecule has 0 saturated carbocycles. The Hall–Kier alpha value is -2.35. The highest BCUT2D eigenvalue weighted by Crippen LogP contribution is 2.40.